The lowest BCUT2D eigenvalue weighted by molar-refractivity contribution is -0.130. The van der Waals surface area contributed by atoms with Crippen LogP contribution < -0.4 is 19.5 Å². The summed E-state index contributed by atoms with van der Waals surface area (Å²) in [6.07, 6.45) is 2.46. The third-order valence-corrected chi connectivity index (χ3v) is 5.86. The maximum Gasteiger partial charge on any atom is 0.251 e. The van der Waals surface area contributed by atoms with Gasteiger partial charge in [-0.25, -0.2) is 4.98 Å². The van der Waals surface area contributed by atoms with Crippen LogP contribution >= 0.6 is 0 Å². The molecule has 9 nitrogen and oxygen atoms in total. The Morgan fingerprint density at radius 2 is 1.74 bits per heavy atom. The van der Waals surface area contributed by atoms with Crippen LogP contribution in [-0.2, 0) is 17.8 Å². The lowest BCUT2D eigenvalue weighted by atomic mass is 10.1. The maximum atomic E-state index is 12.8. The molecule has 0 aliphatic carbocycles. The minimum Gasteiger partial charge on any atom is -0.493 e. The molecule has 0 saturated carbocycles. The Kier molecular flexibility index (Phi) is 8.94. The number of hydrogen-bond acceptors (Lipinski definition) is 6. The van der Waals surface area contributed by atoms with Crippen LogP contribution in [0.4, 0.5) is 0 Å². The van der Waals surface area contributed by atoms with Gasteiger partial charge in [-0.05, 0) is 30.7 Å². The second kappa shape index (κ2) is 12.1. The van der Waals surface area contributed by atoms with Crippen molar-refractivity contribution in [2.75, 3.05) is 41.5 Å². The van der Waals surface area contributed by atoms with E-state index in [1.165, 1.54) is 21.3 Å². The van der Waals surface area contributed by atoms with Crippen molar-refractivity contribution in [3.63, 3.8) is 0 Å². The molecule has 0 atom stereocenters. The number of nitrogens with one attached hydrogen (secondary N) is 1. The average molecular weight is 483 g/mol. The first kappa shape index (κ1) is 25.9. The van der Waals surface area contributed by atoms with Crippen LogP contribution in [0.1, 0.15) is 35.9 Å². The fraction of sp³-hybridized carbons (Fsp3) is 0.423. The van der Waals surface area contributed by atoms with Crippen molar-refractivity contribution in [2.24, 2.45) is 0 Å². The predicted octanol–water partition coefficient (Wildman–Crippen LogP) is 3.29. The molecule has 3 aromatic rings. The second-order valence-electron chi connectivity index (χ2n) is 8.19. The van der Waals surface area contributed by atoms with Crippen LogP contribution in [0.2, 0.25) is 0 Å². The van der Waals surface area contributed by atoms with Crippen molar-refractivity contribution in [3.8, 4) is 17.2 Å². The van der Waals surface area contributed by atoms with Gasteiger partial charge in [0.05, 0.1) is 32.4 Å². The van der Waals surface area contributed by atoms with Gasteiger partial charge in [-0.15, -0.1) is 0 Å². The molecule has 0 aliphatic heterocycles. The molecule has 0 aliphatic rings. The Balaban J connectivity index is 1.74. The number of rotatable bonds is 12. The quantitative estimate of drug-likeness (QED) is 0.426. The number of methoxy groups -OCH3 is 3. The number of fused-ring (bicyclic) bond motifs is 1. The Morgan fingerprint density at radius 3 is 2.37 bits per heavy atom. The predicted molar refractivity (Wildman–Crippen MR) is 134 cm³/mol. The van der Waals surface area contributed by atoms with Gasteiger partial charge in [-0.3, -0.25) is 9.59 Å². The van der Waals surface area contributed by atoms with Crippen molar-refractivity contribution in [2.45, 2.75) is 32.7 Å². The first-order chi connectivity index (χ1) is 16.9. The largest absolute Gasteiger partial charge is 0.493 e. The molecule has 1 aromatic heterocycles. The molecule has 2 amide bonds. The first-order valence-electron chi connectivity index (χ1n) is 11.7. The number of benzene rings is 2. The fourth-order valence-electron chi connectivity index (χ4n) is 3.87. The highest BCUT2D eigenvalue weighted by atomic mass is 16.5. The second-order valence-corrected chi connectivity index (χ2v) is 8.19. The van der Waals surface area contributed by atoms with E-state index in [9.17, 15) is 9.59 Å². The SMILES string of the molecule is CCCCN(C)C(=O)Cn1c(CCNC(=O)c2cc(OC)c(OC)c(OC)c2)nc2ccccc21. The van der Waals surface area contributed by atoms with E-state index in [-0.39, 0.29) is 18.4 Å². The monoisotopic (exact) mass is 482 g/mol. The van der Waals surface area contributed by atoms with E-state index in [1.807, 2.05) is 35.9 Å². The summed E-state index contributed by atoms with van der Waals surface area (Å²) < 4.78 is 17.9. The third-order valence-electron chi connectivity index (χ3n) is 5.86. The zero-order chi connectivity index (χ0) is 25.4. The number of imidazole rings is 1. The summed E-state index contributed by atoms with van der Waals surface area (Å²) in [5.74, 6) is 1.74. The molecule has 1 N–H and O–H groups in total. The van der Waals surface area contributed by atoms with E-state index < -0.39 is 0 Å². The van der Waals surface area contributed by atoms with Crippen LogP contribution in [0, 0.1) is 0 Å². The topological polar surface area (TPSA) is 94.9 Å². The fourth-order valence-corrected chi connectivity index (χ4v) is 3.87. The molecule has 1 heterocycles. The van der Waals surface area contributed by atoms with Gasteiger partial charge in [-0.2, -0.15) is 0 Å². The zero-order valence-corrected chi connectivity index (χ0v) is 21.1. The number of para-hydroxylation sites is 2. The lowest BCUT2D eigenvalue weighted by Crippen LogP contribution is -2.32. The van der Waals surface area contributed by atoms with Gasteiger partial charge in [0.2, 0.25) is 11.7 Å². The van der Waals surface area contributed by atoms with Gasteiger partial charge in [0.15, 0.2) is 11.5 Å². The molecular weight excluding hydrogens is 448 g/mol. The standard InChI is InChI=1S/C26H34N4O5/c1-6-7-14-29(2)24(31)17-30-20-11-9-8-10-19(20)28-23(30)12-13-27-26(32)18-15-21(33-3)25(35-5)22(16-18)34-4/h8-11,15-16H,6-7,12-14,17H2,1-5H3,(H,27,32). The molecule has 0 fully saturated rings. The van der Waals surface area contributed by atoms with Gasteiger partial charge in [0, 0.05) is 32.1 Å². The maximum absolute atomic E-state index is 12.8. The number of aromatic nitrogens is 2. The highest BCUT2D eigenvalue weighted by molar-refractivity contribution is 5.95. The Morgan fingerprint density at radius 1 is 1.06 bits per heavy atom. The van der Waals surface area contributed by atoms with Crippen molar-refractivity contribution >= 4 is 22.8 Å². The molecule has 0 spiro atoms. The van der Waals surface area contributed by atoms with E-state index in [2.05, 4.69) is 12.2 Å². The number of carbonyl (C=O) groups is 2. The lowest BCUT2D eigenvalue weighted by Gasteiger charge is -2.18. The van der Waals surface area contributed by atoms with Gasteiger partial charge in [0.1, 0.15) is 12.4 Å². The Bertz CT molecular complexity index is 1150. The number of hydrogen-bond donors (Lipinski definition) is 1. The smallest absolute Gasteiger partial charge is 0.251 e. The molecule has 0 unspecified atom stereocenters. The summed E-state index contributed by atoms with van der Waals surface area (Å²) >= 11 is 0. The van der Waals surface area contributed by atoms with Gasteiger partial charge >= 0.3 is 0 Å². The van der Waals surface area contributed by atoms with Gasteiger partial charge in [-0.1, -0.05) is 25.5 Å². The van der Waals surface area contributed by atoms with E-state index in [4.69, 9.17) is 19.2 Å². The summed E-state index contributed by atoms with van der Waals surface area (Å²) in [5, 5.41) is 2.92. The number of amides is 2. The zero-order valence-electron chi connectivity index (χ0n) is 21.1. The normalized spacial score (nSPS) is 10.8. The minimum atomic E-state index is -0.276. The molecule has 3 rings (SSSR count). The molecule has 188 valence electrons. The third kappa shape index (κ3) is 6.03. The van der Waals surface area contributed by atoms with Crippen LogP contribution in [0.3, 0.4) is 0 Å². The van der Waals surface area contributed by atoms with E-state index in [0.717, 1.165) is 36.2 Å². The molecular formula is C26H34N4O5. The molecule has 0 radical (unpaired) electrons. The van der Waals surface area contributed by atoms with Crippen LogP contribution in [-0.4, -0.2) is 67.7 Å². The summed E-state index contributed by atoms with van der Waals surface area (Å²) in [7, 11) is 6.35. The van der Waals surface area contributed by atoms with E-state index in [0.29, 0.717) is 35.8 Å². The summed E-state index contributed by atoms with van der Waals surface area (Å²) in [6.45, 7) is 3.38. The molecule has 0 bridgehead atoms. The van der Waals surface area contributed by atoms with Gasteiger partial charge in [0.25, 0.3) is 5.91 Å². The number of nitrogens with zero attached hydrogens (tertiary/aromatic N) is 3. The Labute approximate surface area is 206 Å². The van der Waals surface area contributed by atoms with E-state index >= 15 is 0 Å². The number of likely N-dealkylation sites (N-methyl/N-ethyl adjacent to an activating group) is 1. The molecule has 2 aromatic carbocycles. The van der Waals surface area contributed by atoms with E-state index in [1.54, 1.807) is 17.0 Å². The van der Waals surface area contributed by atoms with Crippen LogP contribution in [0.25, 0.3) is 11.0 Å². The van der Waals surface area contributed by atoms with Crippen molar-refractivity contribution in [1.29, 1.82) is 0 Å². The number of unbranched alkanes of at least 4 members (excludes halogenated alkanes) is 1. The number of carbonyl (C=O) groups excluding carboxylic acids is 2. The highest BCUT2D eigenvalue weighted by Crippen LogP contribution is 2.38. The van der Waals surface area contributed by atoms with Gasteiger partial charge < -0.3 is 29.0 Å². The number of ether oxygens (including phenoxy) is 3. The molecule has 9 heteroatoms. The Hall–Kier alpha value is -3.75. The van der Waals surface area contributed by atoms with Crippen molar-refractivity contribution < 1.29 is 23.8 Å². The highest BCUT2D eigenvalue weighted by Gasteiger charge is 2.18. The summed E-state index contributed by atoms with van der Waals surface area (Å²) in [5.41, 5.74) is 2.11. The summed E-state index contributed by atoms with van der Waals surface area (Å²) in [4.78, 5) is 32.1. The van der Waals surface area contributed by atoms with Crippen molar-refractivity contribution in [3.05, 3.63) is 47.8 Å². The van der Waals surface area contributed by atoms with Crippen molar-refractivity contribution in [1.82, 2.24) is 19.8 Å². The molecule has 35 heavy (non-hydrogen) atoms. The molecule has 0 saturated heterocycles. The average Bonchev–Trinajstić information content (AvgIpc) is 3.22. The van der Waals surface area contributed by atoms with Crippen LogP contribution in [0.15, 0.2) is 36.4 Å². The first-order valence-corrected chi connectivity index (χ1v) is 11.7. The van der Waals surface area contributed by atoms with Crippen LogP contribution in [0.5, 0.6) is 17.2 Å². The minimum absolute atomic E-state index is 0.0318. The summed E-state index contributed by atoms with van der Waals surface area (Å²) in [6, 6.07) is 11.0.